The van der Waals surface area contributed by atoms with E-state index >= 15 is 0 Å². The monoisotopic (exact) mass is 285 g/mol. The molecule has 1 unspecified atom stereocenters. The molecule has 0 heterocycles. The fourth-order valence-electron chi connectivity index (χ4n) is 1.61. The van der Waals surface area contributed by atoms with Gasteiger partial charge >= 0.3 is 5.97 Å². The average Bonchev–Trinajstić information content (AvgIpc) is 2.26. The summed E-state index contributed by atoms with van der Waals surface area (Å²) in [6, 6.07) is 7.55. The van der Waals surface area contributed by atoms with Gasteiger partial charge in [0.1, 0.15) is 0 Å². The van der Waals surface area contributed by atoms with Crippen LogP contribution < -0.4 is 5.32 Å². The number of carbonyl (C=O) groups is 1. The third-order valence-corrected chi connectivity index (χ3v) is 2.69. The molecule has 0 spiro atoms. The summed E-state index contributed by atoms with van der Waals surface area (Å²) >= 11 is 11.0. The fourth-order valence-corrected chi connectivity index (χ4v) is 1.95. The van der Waals surface area contributed by atoms with E-state index < -0.39 is 0 Å². The lowest BCUT2D eigenvalue weighted by molar-refractivity contribution is -0.141. The first-order valence-electron chi connectivity index (χ1n) is 5.65. The quantitative estimate of drug-likeness (QED) is 0.666. The zero-order chi connectivity index (χ0) is 13.5. The zero-order valence-electron chi connectivity index (χ0n) is 10.4. The second kappa shape index (κ2) is 7.34. The molecule has 0 aliphatic rings. The average molecular weight is 286 g/mol. The van der Waals surface area contributed by atoms with Gasteiger partial charge in [0, 0.05) is 18.4 Å². The molecule has 0 aliphatic carbocycles. The predicted molar refractivity (Wildman–Crippen MR) is 76.9 cm³/mol. The van der Waals surface area contributed by atoms with Gasteiger partial charge in [0.15, 0.2) is 0 Å². The number of benzene rings is 1. The van der Waals surface area contributed by atoms with Crippen molar-refractivity contribution in [2.24, 2.45) is 0 Å². The van der Waals surface area contributed by atoms with Crippen LogP contribution >= 0.6 is 23.8 Å². The highest BCUT2D eigenvalue weighted by Crippen LogP contribution is 2.20. The Kier molecular flexibility index (Phi) is 6.09. The van der Waals surface area contributed by atoms with Crippen molar-refractivity contribution < 1.29 is 9.53 Å². The van der Waals surface area contributed by atoms with E-state index in [0.717, 1.165) is 5.56 Å². The molecule has 0 radical (unpaired) electrons. The number of esters is 1. The summed E-state index contributed by atoms with van der Waals surface area (Å²) in [4.78, 5) is 11.4. The minimum atomic E-state index is -0.279. The minimum Gasteiger partial charge on any atom is -0.466 e. The molecular formula is C13H16ClNO2S. The van der Waals surface area contributed by atoms with Gasteiger partial charge in [-0.2, -0.15) is 0 Å². The summed E-state index contributed by atoms with van der Waals surface area (Å²) in [6.45, 7) is 3.56. The third-order valence-electron chi connectivity index (χ3n) is 2.34. The molecule has 0 aromatic heterocycles. The number of halogens is 1. The van der Waals surface area contributed by atoms with Crippen LogP contribution in [0, 0.1) is 0 Å². The van der Waals surface area contributed by atoms with E-state index in [1.54, 1.807) is 0 Å². The topological polar surface area (TPSA) is 38.3 Å². The van der Waals surface area contributed by atoms with Gasteiger partial charge in [-0.05, 0) is 24.6 Å². The van der Waals surface area contributed by atoms with Crippen LogP contribution in [0.1, 0.15) is 31.9 Å². The van der Waals surface area contributed by atoms with Gasteiger partial charge in [0.25, 0.3) is 0 Å². The van der Waals surface area contributed by atoms with E-state index in [9.17, 15) is 4.79 Å². The Bertz CT molecular complexity index is 437. The number of ether oxygens (including phenoxy) is 1. The Hall–Kier alpha value is -1.13. The number of carbonyl (C=O) groups excluding carboxylic acids is 1. The Labute approximate surface area is 117 Å². The van der Waals surface area contributed by atoms with Gasteiger partial charge in [-0.25, -0.2) is 0 Å². The van der Waals surface area contributed by atoms with Crippen LogP contribution in [0.4, 0.5) is 0 Å². The number of hydrogen-bond donors (Lipinski definition) is 1. The maximum atomic E-state index is 10.7. The van der Waals surface area contributed by atoms with Crippen LogP contribution in [-0.2, 0) is 9.53 Å². The van der Waals surface area contributed by atoms with Crippen molar-refractivity contribution in [3.8, 4) is 0 Å². The molecule has 0 saturated carbocycles. The standard InChI is InChI=1S/C13H16ClNO2S/c1-9(18)15-13(6-7-17-10(2)16)11-4-3-5-12(14)8-11/h3-5,8,13H,6-7H2,1-2H3,(H,15,18). The molecule has 5 heteroatoms. The molecule has 0 aliphatic heterocycles. The zero-order valence-corrected chi connectivity index (χ0v) is 12.0. The number of rotatable bonds is 5. The molecule has 18 heavy (non-hydrogen) atoms. The van der Waals surface area contributed by atoms with E-state index in [1.807, 2.05) is 31.2 Å². The number of hydrogen-bond acceptors (Lipinski definition) is 3. The molecule has 1 N–H and O–H groups in total. The lowest BCUT2D eigenvalue weighted by Crippen LogP contribution is -2.26. The van der Waals surface area contributed by atoms with Crippen LogP contribution in [0.25, 0.3) is 0 Å². The molecule has 0 saturated heterocycles. The first-order valence-corrected chi connectivity index (χ1v) is 6.43. The first kappa shape index (κ1) is 14.9. The smallest absolute Gasteiger partial charge is 0.302 e. The van der Waals surface area contributed by atoms with Crippen molar-refractivity contribution in [2.75, 3.05) is 6.61 Å². The maximum absolute atomic E-state index is 10.7. The summed E-state index contributed by atoms with van der Waals surface area (Å²) in [6.07, 6.45) is 0.647. The molecule has 1 rings (SSSR count). The summed E-state index contributed by atoms with van der Waals surface area (Å²) in [5.41, 5.74) is 1.03. The van der Waals surface area contributed by atoms with Gasteiger partial charge in [0.2, 0.25) is 0 Å². The van der Waals surface area contributed by atoms with Crippen LogP contribution in [0.2, 0.25) is 5.02 Å². The van der Waals surface area contributed by atoms with Crippen molar-refractivity contribution in [2.45, 2.75) is 26.3 Å². The van der Waals surface area contributed by atoms with E-state index in [2.05, 4.69) is 5.32 Å². The summed E-state index contributed by atoms with van der Waals surface area (Å²) in [5.74, 6) is -0.279. The molecule has 0 fully saturated rings. The van der Waals surface area contributed by atoms with Crippen molar-refractivity contribution >= 4 is 34.8 Å². The summed E-state index contributed by atoms with van der Waals surface area (Å²) < 4.78 is 4.95. The SMILES string of the molecule is CC(=O)OCCC(NC(C)=S)c1cccc(Cl)c1. The Morgan fingerprint density at radius 3 is 2.78 bits per heavy atom. The van der Waals surface area contributed by atoms with Gasteiger partial charge in [-0.15, -0.1) is 0 Å². The molecule has 0 bridgehead atoms. The van der Waals surface area contributed by atoms with Crippen LogP contribution in [0.3, 0.4) is 0 Å². The lowest BCUT2D eigenvalue weighted by atomic mass is 10.0. The Morgan fingerprint density at radius 1 is 1.50 bits per heavy atom. The molecule has 1 aromatic rings. The van der Waals surface area contributed by atoms with E-state index in [1.165, 1.54) is 6.92 Å². The highest BCUT2D eigenvalue weighted by molar-refractivity contribution is 7.80. The highest BCUT2D eigenvalue weighted by Gasteiger charge is 2.12. The van der Waals surface area contributed by atoms with E-state index in [0.29, 0.717) is 23.0 Å². The first-order chi connectivity index (χ1) is 8.49. The van der Waals surface area contributed by atoms with Crippen molar-refractivity contribution in [1.29, 1.82) is 0 Å². The van der Waals surface area contributed by atoms with Crippen molar-refractivity contribution in [3.05, 3.63) is 34.9 Å². The maximum Gasteiger partial charge on any atom is 0.302 e. The predicted octanol–water partition coefficient (Wildman–Crippen LogP) is 3.27. The number of nitrogens with one attached hydrogen (secondary N) is 1. The highest BCUT2D eigenvalue weighted by atomic mass is 35.5. The molecule has 3 nitrogen and oxygen atoms in total. The molecule has 0 amide bonds. The molecule has 1 atom stereocenters. The largest absolute Gasteiger partial charge is 0.466 e. The van der Waals surface area contributed by atoms with Crippen molar-refractivity contribution in [1.82, 2.24) is 5.32 Å². The lowest BCUT2D eigenvalue weighted by Gasteiger charge is -2.19. The minimum absolute atomic E-state index is 0.000509. The second-order valence-corrected chi connectivity index (χ2v) is 4.99. The van der Waals surface area contributed by atoms with Crippen molar-refractivity contribution in [3.63, 3.8) is 0 Å². The fraction of sp³-hybridized carbons (Fsp3) is 0.385. The van der Waals surface area contributed by atoms with E-state index in [-0.39, 0.29) is 12.0 Å². The van der Waals surface area contributed by atoms with Crippen LogP contribution in [0.15, 0.2) is 24.3 Å². The van der Waals surface area contributed by atoms with Gasteiger partial charge in [-0.3, -0.25) is 4.79 Å². The molecular weight excluding hydrogens is 270 g/mol. The summed E-state index contributed by atoms with van der Waals surface area (Å²) in [5, 5.41) is 3.85. The Balaban J connectivity index is 2.71. The summed E-state index contributed by atoms with van der Waals surface area (Å²) in [7, 11) is 0. The normalized spacial score (nSPS) is 11.7. The molecule has 98 valence electrons. The Morgan fingerprint density at radius 2 is 2.22 bits per heavy atom. The van der Waals surface area contributed by atoms with E-state index in [4.69, 9.17) is 28.6 Å². The van der Waals surface area contributed by atoms with Gasteiger partial charge in [-0.1, -0.05) is 36.0 Å². The van der Waals surface area contributed by atoms with Gasteiger partial charge in [0.05, 0.1) is 17.6 Å². The second-order valence-electron chi connectivity index (χ2n) is 3.94. The molecule has 1 aromatic carbocycles. The third kappa shape index (κ3) is 5.47. The van der Waals surface area contributed by atoms with Gasteiger partial charge < -0.3 is 10.1 Å². The van der Waals surface area contributed by atoms with Crippen LogP contribution in [0.5, 0.6) is 0 Å². The number of thiocarbonyl (C=S) groups is 1. The van der Waals surface area contributed by atoms with Crippen LogP contribution in [-0.4, -0.2) is 17.6 Å².